The number of aliphatic carboxylic acids is 1. The molecule has 5 nitrogen and oxygen atoms in total. The van der Waals surface area contributed by atoms with Gasteiger partial charge in [-0.05, 0) is 12.1 Å². The second-order valence-electron chi connectivity index (χ2n) is 3.58. The molecule has 1 aromatic heterocycles. The maximum absolute atomic E-state index is 11.8. The van der Waals surface area contributed by atoms with Gasteiger partial charge in [0.2, 0.25) is 5.91 Å². The molecule has 1 aromatic rings. The molecule has 0 saturated heterocycles. The molecular weight excluding hydrogens is 208 g/mol. The number of anilines is 1. The van der Waals surface area contributed by atoms with Crippen LogP contribution in [0.4, 0.5) is 5.82 Å². The summed E-state index contributed by atoms with van der Waals surface area (Å²) >= 11 is 0. The lowest BCUT2D eigenvalue weighted by molar-refractivity contribution is -0.140. The Hall–Kier alpha value is -1.91. The molecule has 86 valence electrons. The summed E-state index contributed by atoms with van der Waals surface area (Å²) in [6.07, 6.45) is 1.41. The first-order valence-electron chi connectivity index (χ1n) is 4.92. The van der Waals surface area contributed by atoms with E-state index >= 15 is 0 Å². The monoisotopic (exact) mass is 222 g/mol. The Morgan fingerprint density at radius 3 is 2.69 bits per heavy atom. The summed E-state index contributed by atoms with van der Waals surface area (Å²) in [5, 5.41) is 8.60. The molecule has 1 atom stereocenters. The van der Waals surface area contributed by atoms with E-state index in [1.165, 1.54) is 4.90 Å². The lowest BCUT2D eigenvalue weighted by atomic mass is 10.1. The minimum absolute atomic E-state index is 0.171. The molecule has 0 aromatic carbocycles. The van der Waals surface area contributed by atoms with E-state index < -0.39 is 11.9 Å². The number of hydrogen-bond acceptors (Lipinski definition) is 3. The zero-order valence-electron chi connectivity index (χ0n) is 9.25. The first-order valence-corrected chi connectivity index (χ1v) is 4.92. The third-order valence-electron chi connectivity index (χ3n) is 2.23. The summed E-state index contributed by atoms with van der Waals surface area (Å²) in [5.74, 6) is -1.26. The first-order chi connectivity index (χ1) is 7.52. The van der Waals surface area contributed by atoms with Gasteiger partial charge < -0.3 is 5.11 Å². The van der Waals surface area contributed by atoms with Crippen molar-refractivity contribution < 1.29 is 14.7 Å². The van der Waals surface area contributed by atoms with Gasteiger partial charge in [-0.3, -0.25) is 14.5 Å². The molecule has 16 heavy (non-hydrogen) atoms. The second kappa shape index (κ2) is 5.25. The summed E-state index contributed by atoms with van der Waals surface area (Å²) in [4.78, 5) is 27.7. The predicted octanol–water partition coefficient (Wildman–Crippen LogP) is 1.16. The fourth-order valence-corrected chi connectivity index (χ4v) is 1.34. The summed E-state index contributed by atoms with van der Waals surface area (Å²) in [6, 6.07) is 5.22. The van der Waals surface area contributed by atoms with Gasteiger partial charge in [-0.15, -0.1) is 0 Å². The van der Waals surface area contributed by atoms with Crippen LogP contribution in [-0.4, -0.2) is 29.0 Å². The van der Waals surface area contributed by atoms with Gasteiger partial charge in [-0.2, -0.15) is 0 Å². The maximum atomic E-state index is 11.8. The van der Waals surface area contributed by atoms with Crippen molar-refractivity contribution in [1.29, 1.82) is 0 Å². The van der Waals surface area contributed by atoms with Gasteiger partial charge in [-0.1, -0.05) is 13.0 Å². The van der Waals surface area contributed by atoms with Crippen LogP contribution in [0.15, 0.2) is 24.4 Å². The van der Waals surface area contributed by atoms with Crippen molar-refractivity contribution in [1.82, 2.24) is 4.98 Å². The summed E-state index contributed by atoms with van der Waals surface area (Å²) < 4.78 is 0. The van der Waals surface area contributed by atoms with Crippen LogP contribution in [0.25, 0.3) is 0 Å². The molecular formula is C11H14N2O3. The smallest absolute Gasteiger partial charge is 0.304 e. The van der Waals surface area contributed by atoms with E-state index in [1.54, 1.807) is 38.4 Å². The topological polar surface area (TPSA) is 70.5 Å². The molecule has 0 radical (unpaired) electrons. The molecule has 0 aliphatic carbocycles. The van der Waals surface area contributed by atoms with Crippen molar-refractivity contribution in [2.75, 3.05) is 11.9 Å². The molecule has 0 bridgehead atoms. The number of carboxylic acid groups (broad SMARTS) is 1. The van der Waals surface area contributed by atoms with Crippen molar-refractivity contribution in [2.45, 2.75) is 13.3 Å². The van der Waals surface area contributed by atoms with E-state index in [2.05, 4.69) is 4.98 Å². The largest absolute Gasteiger partial charge is 0.481 e. The highest BCUT2D eigenvalue weighted by molar-refractivity contribution is 5.95. The number of carbonyl (C=O) groups is 2. The third kappa shape index (κ3) is 3.05. The molecule has 0 aliphatic heterocycles. The molecule has 1 unspecified atom stereocenters. The van der Waals surface area contributed by atoms with Crippen molar-refractivity contribution >= 4 is 17.7 Å². The molecule has 1 heterocycles. The average molecular weight is 222 g/mol. The van der Waals surface area contributed by atoms with Gasteiger partial charge in [-0.25, -0.2) is 4.98 Å². The van der Waals surface area contributed by atoms with Gasteiger partial charge in [0.15, 0.2) is 0 Å². The number of amides is 1. The highest BCUT2D eigenvalue weighted by atomic mass is 16.4. The molecule has 0 spiro atoms. The van der Waals surface area contributed by atoms with Crippen molar-refractivity contribution in [3.8, 4) is 0 Å². The van der Waals surface area contributed by atoms with E-state index in [4.69, 9.17) is 5.11 Å². The van der Waals surface area contributed by atoms with E-state index in [0.717, 1.165) is 0 Å². The Morgan fingerprint density at radius 2 is 2.19 bits per heavy atom. The average Bonchev–Trinajstić information content (AvgIpc) is 2.27. The van der Waals surface area contributed by atoms with Crippen molar-refractivity contribution in [3.05, 3.63) is 24.4 Å². The lowest BCUT2D eigenvalue weighted by Crippen LogP contribution is -2.33. The molecule has 0 saturated carbocycles. The number of aromatic nitrogens is 1. The first kappa shape index (κ1) is 12.2. The van der Waals surface area contributed by atoms with E-state index in [9.17, 15) is 9.59 Å². The molecule has 1 amide bonds. The normalized spacial score (nSPS) is 11.9. The van der Waals surface area contributed by atoms with E-state index in [-0.39, 0.29) is 12.3 Å². The summed E-state index contributed by atoms with van der Waals surface area (Å²) in [7, 11) is 1.59. The SMILES string of the molecule is CC(CC(=O)O)C(=O)N(C)c1ccccn1. The molecule has 0 fully saturated rings. The van der Waals surface area contributed by atoms with Gasteiger partial charge in [0.25, 0.3) is 0 Å². The minimum atomic E-state index is -0.977. The fraction of sp³-hybridized carbons (Fsp3) is 0.364. The maximum Gasteiger partial charge on any atom is 0.304 e. The third-order valence-corrected chi connectivity index (χ3v) is 2.23. The van der Waals surface area contributed by atoms with Crippen LogP contribution in [0.2, 0.25) is 0 Å². The Kier molecular flexibility index (Phi) is 3.99. The van der Waals surface area contributed by atoms with Crippen LogP contribution in [-0.2, 0) is 9.59 Å². The Balaban J connectivity index is 2.71. The number of carboxylic acids is 1. The molecule has 1 N–H and O–H groups in total. The quantitative estimate of drug-likeness (QED) is 0.829. The van der Waals surface area contributed by atoms with Crippen LogP contribution >= 0.6 is 0 Å². The van der Waals surface area contributed by atoms with Gasteiger partial charge in [0.05, 0.1) is 6.42 Å². The van der Waals surface area contributed by atoms with Crippen LogP contribution in [0.1, 0.15) is 13.3 Å². The van der Waals surface area contributed by atoms with E-state index in [1.807, 2.05) is 0 Å². The lowest BCUT2D eigenvalue weighted by Gasteiger charge is -2.19. The minimum Gasteiger partial charge on any atom is -0.481 e. The van der Waals surface area contributed by atoms with Crippen LogP contribution in [0.3, 0.4) is 0 Å². The van der Waals surface area contributed by atoms with Gasteiger partial charge in [0.1, 0.15) is 5.82 Å². The standard InChI is InChI=1S/C11H14N2O3/c1-8(7-10(14)15)11(16)13(2)9-5-3-4-6-12-9/h3-6,8H,7H2,1-2H3,(H,14,15). The number of hydrogen-bond donors (Lipinski definition) is 1. The van der Waals surface area contributed by atoms with Crippen LogP contribution < -0.4 is 4.90 Å². The van der Waals surface area contributed by atoms with E-state index in [0.29, 0.717) is 5.82 Å². The summed E-state index contributed by atoms with van der Waals surface area (Å²) in [6.45, 7) is 1.59. The highest BCUT2D eigenvalue weighted by Gasteiger charge is 2.21. The van der Waals surface area contributed by atoms with Gasteiger partial charge >= 0.3 is 5.97 Å². The zero-order valence-corrected chi connectivity index (χ0v) is 9.25. The summed E-state index contributed by atoms with van der Waals surface area (Å²) in [5.41, 5.74) is 0. The van der Waals surface area contributed by atoms with Crippen molar-refractivity contribution in [2.24, 2.45) is 5.92 Å². The van der Waals surface area contributed by atoms with Gasteiger partial charge in [0, 0.05) is 19.2 Å². The Labute approximate surface area is 93.7 Å². The van der Waals surface area contributed by atoms with Crippen LogP contribution in [0.5, 0.6) is 0 Å². The molecule has 0 aliphatic rings. The number of rotatable bonds is 4. The van der Waals surface area contributed by atoms with Crippen molar-refractivity contribution in [3.63, 3.8) is 0 Å². The number of pyridine rings is 1. The second-order valence-corrected chi connectivity index (χ2v) is 3.58. The predicted molar refractivity (Wildman–Crippen MR) is 59.1 cm³/mol. The molecule has 1 rings (SSSR count). The zero-order chi connectivity index (χ0) is 12.1. The Morgan fingerprint density at radius 1 is 1.50 bits per heavy atom. The van der Waals surface area contributed by atoms with Crippen LogP contribution in [0, 0.1) is 5.92 Å². The number of nitrogens with zero attached hydrogens (tertiary/aromatic N) is 2. The fourth-order valence-electron chi connectivity index (χ4n) is 1.34. The number of carbonyl (C=O) groups excluding carboxylic acids is 1. The Bertz CT molecular complexity index is 378. The molecule has 5 heteroatoms. The highest BCUT2D eigenvalue weighted by Crippen LogP contribution is 2.13.